The second-order valence-corrected chi connectivity index (χ2v) is 5.93. The summed E-state index contributed by atoms with van der Waals surface area (Å²) in [6, 6.07) is 0. The van der Waals surface area contributed by atoms with Crippen LogP contribution in [-0.4, -0.2) is 52.6 Å². The van der Waals surface area contributed by atoms with Gasteiger partial charge in [-0.15, -0.1) is 0 Å². The number of rotatable bonds is 9. The number of carbonyl (C=O) groups excluding carboxylic acids is 1. The van der Waals surface area contributed by atoms with Crippen LogP contribution in [0.1, 0.15) is 20.8 Å². The van der Waals surface area contributed by atoms with Gasteiger partial charge in [0, 0.05) is 26.9 Å². The molecule has 1 amide bonds. The van der Waals surface area contributed by atoms with E-state index in [1.165, 1.54) is 11.0 Å². The minimum Gasteiger partial charge on any atom is -0.373 e. The maximum atomic E-state index is 11.5. The SMILES string of the molecule is C=CC(=O)N(C)C[Si](OCC)(OCC)OCC. The van der Waals surface area contributed by atoms with Gasteiger partial charge in [-0.1, -0.05) is 6.58 Å². The molecule has 0 bridgehead atoms. The Labute approximate surface area is 105 Å². The van der Waals surface area contributed by atoms with E-state index in [0.717, 1.165) is 0 Å². The highest BCUT2D eigenvalue weighted by molar-refractivity contribution is 6.61. The van der Waals surface area contributed by atoms with Crippen molar-refractivity contribution in [2.75, 3.05) is 33.0 Å². The lowest BCUT2D eigenvalue weighted by atomic mass is 10.5. The average molecular weight is 261 g/mol. The molecule has 5 nitrogen and oxygen atoms in total. The molecule has 0 aliphatic rings. The van der Waals surface area contributed by atoms with Crippen LogP contribution in [-0.2, 0) is 18.1 Å². The van der Waals surface area contributed by atoms with Crippen LogP contribution in [0.5, 0.6) is 0 Å². The number of amides is 1. The molecule has 0 fully saturated rings. The minimum absolute atomic E-state index is 0.166. The molecule has 0 heterocycles. The largest absolute Gasteiger partial charge is 0.521 e. The van der Waals surface area contributed by atoms with Crippen LogP contribution in [0.2, 0.25) is 0 Å². The lowest BCUT2D eigenvalue weighted by Crippen LogP contribution is -2.55. The van der Waals surface area contributed by atoms with Crippen LogP contribution >= 0.6 is 0 Å². The first-order valence-electron chi connectivity index (χ1n) is 5.84. The lowest BCUT2D eigenvalue weighted by Gasteiger charge is -2.31. The van der Waals surface area contributed by atoms with E-state index in [2.05, 4.69) is 6.58 Å². The third kappa shape index (κ3) is 5.45. The fourth-order valence-corrected chi connectivity index (χ4v) is 4.03. The summed E-state index contributed by atoms with van der Waals surface area (Å²) in [6.45, 7) is 10.6. The Morgan fingerprint density at radius 1 is 1.18 bits per heavy atom. The average Bonchev–Trinajstić information content (AvgIpc) is 2.28. The Morgan fingerprint density at radius 3 is 1.88 bits per heavy atom. The van der Waals surface area contributed by atoms with E-state index in [1.54, 1.807) is 7.05 Å². The number of likely N-dealkylation sites (N-methyl/N-ethyl adjacent to an activating group) is 1. The van der Waals surface area contributed by atoms with Gasteiger partial charge in [0.05, 0.1) is 6.17 Å². The van der Waals surface area contributed by atoms with Gasteiger partial charge >= 0.3 is 8.80 Å². The van der Waals surface area contributed by atoms with E-state index < -0.39 is 8.80 Å². The van der Waals surface area contributed by atoms with E-state index in [1.807, 2.05) is 20.8 Å². The molecule has 0 aliphatic carbocycles. The summed E-state index contributed by atoms with van der Waals surface area (Å²) in [5, 5.41) is 0. The Hall–Kier alpha value is -0.693. The van der Waals surface area contributed by atoms with Gasteiger partial charge < -0.3 is 18.2 Å². The van der Waals surface area contributed by atoms with Crippen molar-refractivity contribution < 1.29 is 18.1 Å². The molecule has 0 N–H and O–H groups in total. The second kappa shape index (κ2) is 8.41. The van der Waals surface area contributed by atoms with E-state index in [4.69, 9.17) is 13.3 Å². The molecule has 0 radical (unpaired) electrons. The molecule has 0 unspecified atom stereocenters. The molecule has 0 aromatic heterocycles. The van der Waals surface area contributed by atoms with Crippen molar-refractivity contribution in [3.05, 3.63) is 12.7 Å². The Balaban J connectivity index is 4.74. The minimum atomic E-state index is -2.78. The summed E-state index contributed by atoms with van der Waals surface area (Å²) in [6.07, 6.45) is 1.61. The zero-order valence-corrected chi connectivity index (χ0v) is 12.2. The third-order valence-electron chi connectivity index (χ3n) is 2.07. The van der Waals surface area contributed by atoms with Crippen LogP contribution in [0.25, 0.3) is 0 Å². The van der Waals surface area contributed by atoms with Gasteiger partial charge in [0.25, 0.3) is 0 Å². The maximum absolute atomic E-state index is 11.5. The molecule has 100 valence electrons. The van der Waals surface area contributed by atoms with Crippen molar-refractivity contribution in [1.82, 2.24) is 4.90 Å². The normalized spacial score (nSPS) is 11.3. The Kier molecular flexibility index (Phi) is 8.06. The van der Waals surface area contributed by atoms with Crippen LogP contribution in [0, 0.1) is 0 Å². The highest BCUT2D eigenvalue weighted by Crippen LogP contribution is 2.12. The summed E-state index contributed by atoms with van der Waals surface area (Å²) in [7, 11) is -1.10. The van der Waals surface area contributed by atoms with Crippen molar-refractivity contribution >= 4 is 14.7 Å². The molecule has 0 aromatic carbocycles. The van der Waals surface area contributed by atoms with Crippen molar-refractivity contribution in [3.8, 4) is 0 Å². The summed E-state index contributed by atoms with van der Waals surface area (Å²) in [4.78, 5) is 13.0. The first-order chi connectivity index (χ1) is 8.05. The summed E-state index contributed by atoms with van der Waals surface area (Å²) < 4.78 is 16.9. The summed E-state index contributed by atoms with van der Waals surface area (Å²) >= 11 is 0. The molecule has 0 rings (SSSR count). The van der Waals surface area contributed by atoms with Crippen molar-refractivity contribution in [2.24, 2.45) is 0 Å². The standard InChI is InChI=1S/C11H23NO4Si/c1-6-11(13)12(5)10-17(14-7-2,15-8-3)16-9-4/h6H,1,7-10H2,2-5H3. The molecule has 0 saturated heterocycles. The van der Waals surface area contributed by atoms with Gasteiger partial charge in [-0.25, -0.2) is 0 Å². The van der Waals surface area contributed by atoms with Crippen molar-refractivity contribution in [1.29, 1.82) is 0 Å². The first-order valence-corrected chi connectivity index (χ1v) is 7.77. The number of carbonyl (C=O) groups is 1. The maximum Gasteiger partial charge on any atom is 0.521 e. The predicted octanol–water partition coefficient (Wildman–Crippen LogP) is 1.22. The molecular weight excluding hydrogens is 238 g/mol. The smallest absolute Gasteiger partial charge is 0.373 e. The van der Waals surface area contributed by atoms with Gasteiger partial charge in [0.2, 0.25) is 5.91 Å². The molecule has 0 spiro atoms. The van der Waals surface area contributed by atoms with Crippen molar-refractivity contribution in [3.63, 3.8) is 0 Å². The zero-order valence-electron chi connectivity index (χ0n) is 11.2. The van der Waals surface area contributed by atoms with Crippen LogP contribution in [0.3, 0.4) is 0 Å². The second-order valence-electron chi connectivity index (χ2n) is 3.38. The quantitative estimate of drug-likeness (QED) is 0.462. The molecule has 0 saturated carbocycles. The van der Waals surface area contributed by atoms with E-state index in [9.17, 15) is 4.79 Å². The van der Waals surface area contributed by atoms with Crippen LogP contribution in [0.15, 0.2) is 12.7 Å². The first kappa shape index (κ1) is 16.3. The molecule has 17 heavy (non-hydrogen) atoms. The van der Waals surface area contributed by atoms with Gasteiger partial charge in [-0.05, 0) is 26.8 Å². The predicted molar refractivity (Wildman–Crippen MR) is 68.5 cm³/mol. The van der Waals surface area contributed by atoms with Crippen molar-refractivity contribution in [2.45, 2.75) is 20.8 Å². The fourth-order valence-electron chi connectivity index (χ4n) is 1.45. The number of hydrogen-bond donors (Lipinski definition) is 0. The molecule has 6 heteroatoms. The van der Waals surface area contributed by atoms with Crippen LogP contribution in [0.4, 0.5) is 0 Å². The summed E-state index contributed by atoms with van der Waals surface area (Å²) in [5.74, 6) is -0.166. The molecule has 0 aromatic rings. The molecule has 0 atom stereocenters. The summed E-state index contributed by atoms with van der Waals surface area (Å²) in [5.41, 5.74) is 0. The van der Waals surface area contributed by atoms with Crippen LogP contribution < -0.4 is 0 Å². The van der Waals surface area contributed by atoms with Gasteiger partial charge in [0.15, 0.2) is 0 Å². The lowest BCUT2D eigenvalue weighted by molar-refractivity contribution is -0.124. The third-order valence-corrected chi connectivity index (χ3v) is 5.12. The van der Waals surface area contributed by atoms with Gasteiger partial charge in [-0.2, -0.15) is 0 Å². The molecular formula is C11H23NO4Si. The Morgan fingerprint density at radius 2 is 1.59 bits per heavy atom. The van der Waals surface area contributed by atoms with E-state index >= 15 is 0 Å². The highest BCUT2D eigenvalue weighted by Gasteiger charge is 2.42. The molecule has 0 aliphatic heterocycles. The fraction of sp³-hybridized carbons (Fsp3) is 0.727. The Bertz CT molecular complexity index is 231. The zero-order chi connectivity index (χ0) is 13.3. The number of nitrogens with zero attached hydrogens (tertiary/aromatic N) is 1. The topological polar surface area (TPSA) is 48.0 Å². The monoisotopic (exact) mass is 261 g/mol. The number of hydrogen-bond acceptors (Lipinski definition) is 4. The van der Waals surface area contributed by atoms with E-state index in [-0.39, 0.29) is 5.91 Å². The van der Waals surface area contributed by atoms with Gasteiger partial charge in [0.1, 0.15) is 0 Å². The highest BCUT2D eigenvalue weighted by atomic mass is 28.4. The van der Waals surface area contributed by atoms with Gasteiger partial charge in [-0.3, -0.25) is 4.79 Å². The van der Waals surface area contributed by atoms with E-state index in [0.29, 0.717) is 26.0 Å².